The number of aromatic nitrogens is 4. The molecular weight excluding hydrogens is 544 g/mol. The quantitative estimate of drug-likeness (QED) is 0.283. The Morgan fingerprint density at radius 2 is 1.98 bits per heavy atom. The number of rotatable bonds is 9. The number of benzene rings is 1. The number of hydrogen-bond acceptors (Lipinski definition) is 10. The van der Waals surface area contributed by atoms with E-state index in [1.54, 1.807) is 45.0 Å². The van der Waals surface area contributed by atoms with Crippen molar-refractivity contribution in [1.82, 2.24) is 35.5 Å². The maximum absolute atomic E-state index is 13.0. The molecule has 3 amide bonds. The van der Waals surface area contributed by atoms with Crippen LogP contribution in [0, 0.1) is 11.3 Å². The molecule has 2 aromatic heterocycles. The molecule has 220 valence electrons. The first-order valence-corrected chi connectivity index (χ1v) is 13.5. The van der Waals surface area contributed by atoms with Gasteiger partial charge < -0.3 is 25.0 Å². The van der Waals surface area contributed by atoms with Crippen molar-refractivity contribution in [1.29, 1.82) is 5.26 Å². The van der Waals surface area contributed by atoms with Gasteiger partial charge in [0.1, 0.15) is 11.6 Å². The van der Waals surface area contributed by atoms with E-state index in [1.807, 2.05) is 0 Å². The Kier molecular flexibility index (Phi) is 9.31. The number of nitrogens with zero attached hydrogens (tertiary/aromatic N) is 6. The summed E-state index contributed by atoms with van der Waals surface area (Å²) in [5.74, 6) is -1.46. The second kappa shape index (κ2) is 13.1. The highest BCUT2D eigenvalue weighted by atomic mass is 16.6. The fourth-order valence-corrected chi connectivity index (χ4v) is 4.33. The monoisotopic (exact) mass is 576 g/mol. The maximum Gasteiger partial charge on any atom is 0.407 e. The lowest BCUT2D eigenvalue weighted by molar-refractivity contribution is -0.130. The van der Waals surface area contributed by atoms with Crippen LogP contribution < -0.4 is 10.6 Å². The molecule has 3 aromatic rings. The second-order valence-corrected chi connectivity index (χ2v) is 10.6. The Morgan fingerprint density at radius 3 is 2.74 bits per heavy atom. The summed E-state index contributed by atoms with van der Waals surface area (Å²) in [6.07, 6.45) is 4.11. The summed E-state index contributed by atoms with van der Waals surface area (Å²) >= 11 is 0. The third-order valence-corrected chi connectivity index (χ3v) is 6.28. The fourth-order valence-electron chi connectivity index (χ4n) is 4.33. The number of ether oxygens (including phenoxy) is 2. The van der Waals surface area contributed by atoms with Gasteiger partial charge in [0.2, 0.25) is 5.91 Å². The minimum absolute atomic E-state index is 0.0181. The molecule has 0 radical (unpaired) electrons. The van der Waals surface area contributed by atoms with Crippen molar-refractivity contribution in [2.24, 2.45) is 0 Å². The Morgan fingerprint density at radius 1 is 1.17 bits per heavy atom. The highest BCUT2D eigenvalue weighted by molar-refractivity contribution is 6.07. The zero-order valence-corrected chi connectivity index (χ0v) is 23.6. The predicted octanol–water partition coefficient (Wildman–Crippen LogP) is 2.13. The number of esters is 1. The van der Waals surface area contributed by atoms with Crippen molar-refractivity contribution in [3.8, 4) is 11.8 Å². The number of likely N-dealkylation sites (tertiary alicyclic amines) is 1. The summed E-state index contributed by atoms with van der Waals surface area (Å²) in [5, 5.41) is 22.8. The van der Waals surface area contributed by atoms with Gasteiger partial charge in [-0.05, 0) is 64.3 Å². The normalized spacial score (nSPS) is 14.7. The van der Waals surface area contributed by atoms with Crippen LogP contribution in [0.4, 0.5) is 4.79 Å². The van der Waals surface area contributed by atoms with Crippen LogP contribution in [0.1, 0.15) is 60.9 Å². The van der Waals surface area contributed by atoms with Gasteiger partial charge in [-0.3, -0.25) is 14.6 Å². The predicted molar refractivity (Wildman–Crippen MR) is 148 cm³/mol. The van der Waals surface area contributed by atoms with Crippen LogP contribution in [-0.2, 0) is 14.3 Å². The average molecular weight is 577 g/mol. The number of amides is 3. The highest BCUT2D eigenvalue weighted by Crippen LogP contribution is 2.21. The molecule has 1 fully saturated rings. The summed E-state index contributed by atoms with van der Waals surface area (Å²) in [5.41, 5.74) is 0.738. The van der Waals surface area contributed by atoms with Crippen molar-refractivity contribution in [2.45, 2.75) is 51.7 Å². The molecule has 0 aliphatic carbocycles. The summed E-state index contributed by atoms with van der Waals surface area (Å²) in [4.78, 5) is 55.5. The SMILES string of the molecule is CC(C)(C)OC(=O)NCCCOC(=O)c1cn(-c2ccc3nccc(C(=O)NCC(=O)N4CCC[C@H]4C#N)c3c2)nn1. The number of hydrogen-bond donors (Lipinski definition) is 2. The fraction of sp³-hybridized carbons (Fsp3) is 0.429. The van der Waals surface area contributed by atoms with E-state index in [1.165, 1.54) is 22.0 Å². The minimum Gasteiger partial charge on any atom is -0.461 e. The van der Waals surface area contributed by atoms with Crippen molar-refractivity contribution in [3.05, 3.63) is 47.9 Å². The van der Waals surface area contributed by atoms with Crippen molar-refractivity contribution in [2.75, 3.05) is 26.2 Å². The third kappa shape index (κ3) is 7.57. The number of pyridine rings is 1. The molecule has 4 rings (SSSR count). The largest absolute Gasteiger partial charge is 0.461 e. The van der Waals surface area contributed by atoms with Gasteiger partial charge in [-0.25, -0.2) is 14.3 Å². The highest BCUT2D eigenvalue weighted by Gasteiger charge is 2.28. The van der Waals surface area contributed by atoms with E-state index in [9.17, 15) is 24.4 Å². The minimum atomic E-state index is -0.678. The molecule has 0 bridgehead atoms. The van der Waals surface area contributed by atoms with Crippen LogP contribution in [0.2, 0.25) is 0 Å². The molecular formula is C28H32N8O6. The van der Waals surface area contributed by atoms with Crippen molar-refractivity contribution >= 4 is 34.8 Å². The second-order valence-electron chi connectivity index (χ2n) is 10.6. The van der Waals surface area contributed by atoms with Crippen molar-refractivity contribution < 1.29 is 28.7 Å². The van der Waals surface area contributed by atoms with E-state index >= 15 is 0 Å². The Labute approximate surface area is 242 Å². The smallest absolute Gasteiger partial charge is 0.407 e. The van der Waals surface area contributed by atoms with E-state index < -0.39 is 29.6 Å². The van der Waals surface area contributed by atoms with E-state index in [4.69, 9.17) is 9.47 Å². The lowest BCUT2D eigenvalue weighted by atomic mass is 10.1. The van der Waals surface area contributed by atoms with E-state index in [2.05, 4.69) is 32.0 Å². The van der Waals surface area contributed by atoms with Crippen LogP contribution in [0.25, 0.3) is 16.6 Å². The number of fused-ring (bicyclic) bond motifs is 1. The molecule has 1 aliphatic rings. The first-order chi connectivity index (χ1) is 20.1. The van der Waals surface area contributed by atoms with Crippen LogP contribution in [-0.4, -0.2) is 86.6 Å². The van der Waals surface area contributed by atoms with Gasteiger partial charge in [0.05, 0.1) is 42.2 Å². The van der Waals surface area contributed by atoms with Crippen LogP contribution in [0.5, 0.6) is 0 Å². The number of carbonyl (C=O) groups is 4. The Balaban J connectivity index is 1.36. The lowest BCUT2D eigenvalue weighted by Gasteiger charge is -2.19. The van der Waals surface area contributed by atoms with Gasteiger partial charge >= 0.3 is 12.1 Å². The Bertz CT molecular complexity index is 1520. The third-order valence-electron chi connectivity index (χ3n) is 6.28. The van der Waals surface area contributed by atoms with E-state index in [0.29, 0.717) is 41.5 Å². The van der Waals surface area contributed by atoms with Gasteiger partial charge in [0.15, 0.2) is 5.69 Å². The number of nitriles is 1. The molecule has 1 atom stereocenters. The summed E-state index contributed by atoms with van der Waals surface area (Å²) in [6.45, 7) is 5.87. The molecule has 2 N–H and O–H groups in total. The first kappa shape index (κ1) is 29.9. The van der Waals surface area contributed by atoms with Gasteiger partial charge in [-0.1, -0.05) is 5.21 Å². The standard InChI is InChI=1S/C28H32N8O6/c1-28(2,3)42-27(40)31-10-5-13-41-26(39)23-17-36(34-33-23)18-7-8-22-21(14-18)20(9-11-30-22)25(38)32-16-24(37)35-12-4-6-19(35)15-29/h7-9,11,14,17,19H,4-6,10,12-13,16H2,1-3H3,(H,31,40)(H,32,38)/t19-/m0/s1. The zero-order valence-electron chi connectivity index (χ0n) is 23.6. The van der Waals surface area contributed by atoms with E-state index in [0.717, 1.165) is 6.42 Å². The molecule has 1 aliphatic heterocycles. The molecule has 3 heterocycles. The van der Waals surface area contributed by atoms with Gasteiger partial charge in [0.25, 0.3) is 5.91 Å². The number of carbonyl (C=O) groups excluding carboxylic acids is 4. The first-order valence-electron chi connectivity index (χ1n) is 13.5. The molecule has 1 saturated heterocycles. The van der Waals surface area contributed by atoms with Crippen LogP contribution in [0.3, 0.4) is 0 Å². The summed E-state index contributed by atoms with van der Waals surface area (Å²) in [7, 11) is 0. The molecule has 0 spiro atoms. The zero-order chi connectivity index (χ0) is 30.3. The topological polar surface area (TPSA) is 181 Å². The number of nitrogens with one attached hydrogen (secondary N) is 2. The van der Waals surface area contributed by atoms with Gasteiger partial charge in [-0.2, -0.15) is 5.26 Å². The average Bonchev–Trinajstić information content (AvgIpc) is 3.64. The van der Waals surface area contributed by atoms with Gasteiger partial charge in [0, 0.05) is 24.7 Å². The van der Waals surface area contributed by atoms with Crippen molar-refractivity contribution in [3.63, 3.8) is 0 Å². The molecule has 42 heavy (non-hydrogen) atoms. The lowest BCUT2D eigenvalue weighted by Crippen LogP contribution is -2.42. The number of alkyl carbamates (subject to hydrolysis) is 1. The molecule has 14 heteroatoms. The maximum atomic E-state index is 13.0. The molecule has 14 nitrogen and oxygen atoms in total. The van der Waals surface area contributed by atoms with Crippen LogP contribution >= 0.6 is 0 Å². The molecule has 0 unspecified atom stereocenters. The summed E-state index contributed by atoms with van der Waals surface area (Å²) in [6, 6.07) is 8.28. The molecule has 1 aromatic carbocycles. The van der Waals surface area contributed by atoms with Gasteiger partial charge in [-0.15, -0.1) is 5.10 Å². The summed E-state index contributed by atoms with van der Waals surface area (Å²) < 4.78 is 11.7. The van der Waals surface area contributed by atoms with E-state index in [-0.39, 0.29) is 31.3 Å². The molecule has 0 saturated carbocycles. The Hall–Kier alpha value is -5.06. The van der Waals surface area contributed by atoms with Crippen LogP contribution in [0.15, 0.2) is 36.7 Å².